The first-order valence-corrected chi connectivity index (χ1v) is 17.0. The van der Waals surface area contributed by atoms with Crippen molar-refractivity contribution in [2.24, 2.45) is 23.3 Å². The molecule has 50 heavy (non-hydrogen) atoms. The highest BCUT2D eigenvalue weighted by atomic mass is 16.4. The summed E-state index contributed by atoms with van der Waals surface area (Å²) < 4.78 is 0. The van der Waals surface area contributed by atoms with Crippen molar-refractivity contribution in [3.05, 3.63) is 35.9 Å². The number of nitrogens with one attached hydrogen (secondary N) is 4. The summed E-state index contributed by atoms with van der Waals surface area (Å²) in [7, 11) is 0. The quantitative estimate of drug-likeness (QED) is 0.0814. The topological polar surface area (TPSA) is 263 Å². The fraction of sp³-hybridized carbons (Fsp3) is 0.618. The minimum atomic E-state index is -1.61. The number of carbonyl (C=O) groups is 7. The van der Waals surface area contributed by atoms with Crippen LogP contribution in [0.15, 0.2) is 30.3 Å². The van der Waals surface area contributed by atoms with Gasteiger partial charge in [0.25, 0.3) is 0 Å². The average Bonchev–Trinajstić information content (AvgIpc) is 3.54. The van der Waals surface area contributed by atoms with Gasteiger partial charge >= 0.3 is 5.97 Å². The second kappa shape index (κ2) is 20.2. The first-order valence-electron chi connectivity index (χ1n) is 17.0. The summed E-state index contributed by atoms with van der Waals surface area (Å²) in [5, 5.41) is 29.5. The van der Waals surface area contributed by atoms with Crippen LogP contribution in [0.3, 0.4) is 0 Å². The monoisotopic (exact) mass is 703 g/mol. The Morgan fingerprint density at radius 3 is 1.94 bits per heavy atom. The van der Waals surface area contributed by atoms with Crippen LogP contribution in [0.5, 0.6) is 0 Å². The highest BCUT2D eigenvalue weighted by molar-refractivity contribution is 5.96. The van der Waals surface area contributed by atoms with E-state index < -0.39 is 78.4 Å². The van der Waals surface area contributed by atoms with Crippen LogP contribution in [0.25, 0.3) is 0 Å². The number of carboxylic acids is 1. The molecule has 1 heterocycles. The summed E-state index contributed by atoms with van der Waals surface area (Å²) in [5.41, 5.74) is 12.0. The number of hydrogen-bond donors (Lipinski definition) is 8. The van der Waals surface area contributed by atoms with Crippen molar-refractivity contribution in [3.63, 3.8) is 0 Å². The van der Waals surface area contributed by atoms with Crippen molar-refractivity contribution in [1.29, 1.82) is 0 Å². The summed E-state index contributed by atoms with van der Waals surface area (Å²) in [5.74, 6) is -5.65. The molecule has 278 valence electrons. The predicted octanol–water partition coefficient (Wildman–Crippen LogP) is -1.08. The standard InChI is InChI=1S/C34H53N7O9/c1-19(2)15-22(35)33(48)41-14-8-11-27(41)32(47)38-24(17-21-9-6-5-7-10-21)30(45)40-26(18-42)31(46)37-23(12-13-28(36)43)29(44)39-25(34(49)50)16-20(3)4/h5-7,9-10,19-20,22-27,42H,8,11-18,35H2,1-4H3,(H2,36,43)(H,37,46)(H,38,47)(H,39,44)(H,40,45)(H,49,50)/t22-,23-,24-,25-,26-,27+/m0/s1. The number of benzene rings is 1. The van der Waals surface area contributed by atoms with Crippen LogP contribution in [0.1, 0.15) is 71.8 Å². The Bertz CT molecular complexity index is 1340. The zero-order valence-electron chi connectivity index (χ0n) is 29.2. The number of aliphatic hydroxyl groups excluding tert-OH is 1. The molecule has 0 radical (unpaired) electrons. The van der Waals surface area contributed by atoms with Crippen molar-refractivity contribution in [1.82, 2.24) is 26.2 Å². The van der Waals surface area contributed by atoms with Gasteiger partial charge in [0, 0.05) is 19.4 Å². The minimum Gasteiger partial charge on any atom is -0.480 e. The predicted molar refractivity (Wildman–Crippen MR) is 183 cm³/mol. The summed E-state index contributed by atoms with van der Waals surface area (Å²) in [6, 6.07) is 1.56. The van der Waals surface area contributed by atoms with Gasteiger partial charge in [0.2, 0.25) is 35.4 Å². The third-order valence-electron chi connectivity index (χ3n) is 8.25. The number of rotatable bonds is 20. The number of aliphatic hydroxyl groups is 1. The van der Waals surface area contributed by atoms with E-state index >= 15 is 0 Å². The van der Waals surface area contributed by atoms with Crippen molar-refractivity contribution in [2.45, 2.75) is 109 Å². The van der Waals surface area contributed by atoms with Gasteiger partial charge in [-0.1, -0.05) is 58.0 Å². The number of likely N-dealkylation sites (tertiary alicyclic amines) is 1. The van der Waals surface area contributed by atoms with Crippen LogP contribution in [-0.4, -0.2) is 106 Å². The Labute approximate surface area is 292 Å². The number of nitrogens with two attached hydrogens (primary N) is 2. The van der Waals surface area contributed by atoms with Crippen LogP contribution in [0.2, 0.25) is 0 Å². The number of carboxylic acid groups (broad SMARTS) is 1. The molecule has 2 rings (SSSR count). The van der Waals surface area contributed by atoms with Crippen molar-refractivity contribution < 1.29 is 43.8 Å². The number of aliphatic carboxylic acids is 1. The maximum atomic E-state index is 13.7. The van der Waals surface area contributed by atoms with Crippen LogP contribution >= 0.6 is 0 Å². The van der Waals surface area contributed by atoms with Gasteiger partial charge in [-0.15, -0.1) is 0 Å². The van der Waals surface area contributed by atoms with Gasteiger partial charge in [0.05, 0.1) is 12.6 Å². The molecule has 0 aliphatic carbocycles. The number of carbonyl (C=O) groups excluding carboxylic acids is 6. The van der Waals surface area contributed by atoms with E-state index in [0.717, 1.165) is 0 Å². The van der Waals surface area contributed by atoms with Gasteiger partial charge in [-0.25, -0.2) is 4.79 Å². The second-order valence-corrected chi connectivity index (χ2v) is 13.5. The third-order valence-corrected chi connectivity index (χ3v) is 8.25. The number of amides is 6. The number of hydrogen-bond acceptors (Lipinski definition) is 9. The highest BCUT2D eigenvalue weighted by Gasteiger charge is 2.38. The summed E-state index contributed by atoms with van der Waals surface area (Å²) in [6.45, 7) is 6.84. The smallest absolute Gasteiger partial charge is 0.326 e. The lowest BCUT2D eigenvalue weighted by Crippen LogP contribution is -2.60. The van der Waals surface area contributed by atoms with Crippen LogP contribution < -0.4 is 32.7 Å². The first kappa shape index (κ1) is 41.6. The minimum absolute atomic E-state index is 0.00177. The summed E-state index contributed by atoms with van der Waals surface area (Å²) in [4.78, 5) is 91.3. The highest BCUT2D eigenvalue weighted by Crippen LogP contribution is 2.20. The fourth-order valence-corrected chi connectivity index (χ4v) is 5.71. The Balaban J connectivity index is 2.25. The third kappa shape index (κ3) is 13.4. The van der Waals surface area contributed by atoms with Gasteiger partial charge in [-0.3, -0.25) is 28.8 Å². The van der Waals surface area contributed by atoms with E-state index in [1.807, 2.05) is 13.8 Å². The lowest BCUT2D eigenvalue weighted by Gasteiger charge is -2.29. The Morgan fingerprint density at radius 1 is 0.820 bits per heavy atom. The first-order chi connectivity index (χ1) is 23.5. The van der Waals surface area contributed by atoms with E-state index in [0.29, 0.717) is 31.4 Å². The largest absolute Gasteiger partial charge is 0.480 e. The molecule has 10 N–H and O–H groups in total. The molecule has 1 aromatic rings. The average molecular weight is 704 g/mol. The molecule has 1 fully saturated rings. The fourth-order valence-electron chi connectivity index (χ4n) is 5.71. The van der Waals surface area contributed by atoms with E-state index in [2.05, 4.69) is 21.3 Å². The molecular formula is C34H53N7O9. The maximum absolute atomic E-state index is 13.7. The Morgan fingerprint density at radius 2 is 1.38 bits per heavy atom. The molecule has 1 aliphatic heterocycles. The van der Waals surface area contributed by atoms with Gasteiger partial charge in [-0.2, -0.15) is 0 Å². The molecule has 0 saturated carbocycles. The van der Waals surface area contributed by atoms with E-state index in [1.54, 1.807) is 44.2 Å². The SMILES string of the molecule is CC(C)C[C@H](NC(=O)[C@H](CCC(N)=O)NC(=O)[C@H](CO)NC(=O)[C@H](Cc1ccccc1)NC(=O)[C@H]1CCCN1C(=O)[C@@H](N)CC(C)C)C(=O)O. The van der Waals surface area contributed by atoms with Gasteiger partial charge < -0.3 is 47.8 Å². The zero-order chi connectivity index (χ0) is 37.5. The molecule has 0 bridgehead atoms. The molecule has 1 aromatic carbocycles. The molecule has 0 spiro atoms. The van der Waals surface area contributed by atoms with E-state index in [-0.39, 0.29) is 43.4 Å². The van der Waals surface area contributed by atoms with Gasteiger partial charge in [0.1, 0.15) is 30.2 Å². The number of primary amides is 1. The molecule has 6 atom stereocenters. The summed E-state index contributed by atoms with van der Waals surface area (Å²) >= 11 is 0. The van der Waals surface area contributed by atoms with Gasteiger partial charge in [0.15, 0.2) is 0 Å². The van der Waals surface area contributed by atoms with E-state index in [4.69, 9.17) is 11.5 Å². The second-order valence-electron chi connectivity index (χ2n) is 13.5. The zero-order valence-corrected chi connectivity index (χ0v) is 29.2. The molecule has 0 aromatic heterocycles. The molecular weight excluding hydrogens is 650 g/mol. The van der Waals surface area contributed by atoms with Crippen molar-refractivity contribution in [2.75, 3.05) is 13.2 Å². The molecule has 16 heteroatoms. The number of nitrogens with zero attached hydrogens (tertiary/aromatic N) is 1. The molecule has 1 aliphatic rings. The van der Waals surface area contributed by atoms with Crippen LogP contribution in [0.4, 0.5) is 0 Å². The Kier molecular flexibility index (Phi) is 16.8. The Hall–Kier alpha value is -4.57. The molecule has 16 nitrogen and oxygen atoms in total. The molecule has 0 unspecified atom stereocenters. The van der Waals surface area contributed by atoms with E-state index in [1.165, 1.54) is 4.90 Å². The maximum Gasteiger partial charge on any atom is 0.326 e. The van der Waals surface area contributed by atoms with Crippen LogP contribution in [0, 0.1) is 11.8 Å². The normalized spacial score (nSPS) is 17.3. The lowest BCUT2D eigenvalue weighted by atomic mass is 10.0. The van der Waals surface area contributed by atoms with Crippen molar-refractivity contribution in [3.8, 4) is 0 Å². The van der Waals surface area contributed by atoms with Crippen LogP contribution in [-0.2, 0) is 40.0 Å². The van der Waals surface area contributed by atoms with Crippen molar-refractivity contribution >= 4 is 41.4 Å². The van der Waals surface area contributed by atoms with Gasteiger partial charge in [-0.05, 0) is 49.5 Å². The summed E-state index contributed by atoms with van der Waals surface area (Å²) in [6.07, 6.45) is 0.858. The lowest BCUT2D eigenvalue weighted by molar-refractivity contribution is -0.143. The molecule has 6 amide bonds. The van der Waals surface area contributed by atoms with E-state index in [9.17, 15) is 43.8 Å². The molecule has 1 saturated heterocycles.